The smallest absolute Gasteiger partial charge is 0.154 e. The maximum Gasteiger partial charge on any atom is 0.154 e. The van der Waals surface area contributed by atoms with Crippen molar-refractivity contribution in [2.45, 2.75) is 19.6 Å². The zero-order valence-electron chi connectivity index (χ0n) is 10.4. The van der Waals surface area contributed by atoms with Crippen LogP contribution in [0.3, 0.4) is 0 Å². The molecule has 17 heavy (non-hydrogen) atoms. The van der Waals surface area contributed by atoms with E-state index in [0.29, 0.717) is 0 Å². The van der Waals surface area contributed by atoms with Gasteiger partial charge in [-0.25, -0.2) is 8.42 Å². The maximum absolute atomic E-state index is 11.7. The molecule has 1 aromatic heterocycles. The average molecular weight is 251 g/mol. The molecular formula is C13H17NO2S. The first-order valence-electron chi connectivity index (χ1n) is 5.68. The van der Waals surface area contributed by atoms with E-state index in [1.807, 2.05) is 42.9 Å². The van der Waals surface area contributed by atoms with E-state index in [-0.39, 0.29) is 11.5 Å². The van der Waals surface area contributed by atoms with Crippen molar-refractivity contribution < 1.29 is 8.42 Å². The van der Waals surface area contributed by atoms with Gasteiger partial charge in [0.1, 0.15) is 0 Å². The predicted molar refractivity (Wildman–Crippen MR) is 70.8 cm³/mol. The molecule has 0 spiro atoms. The fourth-order valence-electron chi connectivity index (χ4n) is 2.18. The Morgan fingerprint density at radius 3 is 2.65 bits per heavy atom. The second-order valence-electron chi connectivity index (χ2n) is 4.41. The first kappa shape index (κ1) is 12.2. The molecule has 0 aliphatic carbocycles. The van der Waals surface area contributed by atoms with Crippen molar-refractivity contribution in [2.75, 3.05) is 5.75 Å². The van der Waals surface area contributed by atoms with Crippen LogP contribution in [0.4, 0.5) is 0 Å². The van der Waals surface area contributed by atoms with E-state index in [1.165, 1.54) is 0 Å². The molecule has 0 N–H and O–H groups in total. The van der Waals surface area contributed by atoms with Crippen LogP contribution in [0.25, 0.3) is 10.9 Å². The third-order valence-corrected chi connectivity index (χ3v) is 4.75. The zero-order chi connectivity index (χ0) is 12.6. The lowest BCUT2D eigenvalue weighted by atomic mass is 10.1. The molecule has 0 radical (unpaired) electrons. The van der Waals surface area contributed by atoms with Gasteiger partial charge in [-0.05, 0) is 24.1 Å². The molecule has 0 bridgehead atoms. The molecule has 0 fully saturated rings. The normalized spacial score (nSPS) is 12.2. The molecule has 0 saturated carbocycles. The van der Waals surface area contributed by atoms with Crippen molar-refractivity contribution >= 4 is 20.7 Å². The van der Waals surface area contributed by atoms with Gasteiger partial charge in [0.25, 0.3) is 0 Å². The summed E-state index contributed by atoms with van der Waals surface area (Å²) in [5.41, 5.74) is 3.12. The van der Waals surface area contributed by atoms with Crippen LogP contribution in [0, 0.1) is 6.92 Å². The summed E-state index contributed by atoms with van der Waals surface area (Å²) in [6.45, 7) is 3.71. The lowest BCUT2D eigenvalue weighted by Gasteiger charge is -2.02. The number of sulfone groups is 1. The Morgan fingerprint density at radius 1 is 1.29 bits per heavy atom. The minimum absolute atomic E-state index is 0.131. The molecule has 4 heteroatoms. The highest BCUT2D eigenvalue weighted by atomic mass is 32.2. The highest BCUT2D eigenvalue weighted by Gasteiger charge is 2.15. The lowest BCUT2D eigenvalue weighted by molar-refractivity contribution is 0.596. The molecule has 1 aromatic carbocycles. The monoisotopic (exact) mass is 251 g/mol. The summed E-state index contributed by atoms with van der Waals surface area (Å²) in [6.07, 6.45) is 1.92. The van der Waals surface area contributed by atoms with Crippen molar-refractivity contribution in [1.82, 2.24) is 4.57 Å². The zero-order valence-corrected chi connectivity index (χ0v) is 11.2. The third-order valence-electron chi connectivity index (χ3n) is 3.12. The van der Waals surface area contributed by atoms with Gasteiger partial charge in [-0.1, -0.05) is 19.1 Å². The van der Waals surface area contributed by atoms with Crippen molar-refractivity contribution in [3.05, 3.63) is 35.5 Å². The van der Waals surface area contributed by atoms with Crippen LogP contribution in [0.5, 0.6) is 0 Å². The fraction of sp³-hybridized carbons (Fsp3) is 0.385. The second kappa shape index (κ2) is 4.18. The standard InChI is InChI=1S/C13H17NO2S/c1-4-17(15,16)9-11-8-14(3)12-7-5-6-10(2)13(11)12/h5-8H,4,9H2,1-3H3. The summed E-state index contributed by atoms with van der Waals surface area (Å²) in [6, 6.07) is 6.03. The minimum atomic E-state index is -2.98. The molecule has 0 saturated heterocycles. The number of rotatable bonds is 3. The predicted octanol–water partition coefficient (Wildman–Crippen LogP) is 2.42. The molecule has 0 aliphatic rings. The summed E-state index contributed by atoms with van der Waals surface area (Å²) < 4.78 is 25.4. The Bertz CT molecular complexity index is 653. The van der Waals surface area contributed by atoms with Gasteiger partial charge >= 0.3 is 0 Å². The molecule has 2 aromatic rings. The number of fused-ring (bicyclic) bond motifs is 1. The van der Waals surface area contributed by atoms with Gasteiger partial charge in [-0.2, -0.15) is 0 Å². The highest BCUT2D eigenvalue weighted by Crippen LogP contribution is 2.25. The molecule has 0 atom stereocenters. The van der Waals surface area contributed by atoms with Crippen LogP contribution in [0.1, 0.15) is 18.1 Å². The van der Waals surface area contributed by atoms with Gasteiger partial charge in [0.05, 0.1) is 5.75 Å². The van der Waals surface area contributed by atoms with E-state index < -0.39 is 9.84 Å². The van der Waals surface area contributed by atoms with Gasteiger partial charge in [-0.15, -0.1) is 0 Å². The number of aromatic nitrogens is 1. The minimum Gasteiger partial charge on any atom is -0.350 e. The Balaban J connectivity index is 2.63. The van der Waals surface area contributed by atoms with E-state index in [0.717, 1.165) is 22.0 Å². The summed E-state index contributed by atoms with van der Waals surface area (Å²) in [4.78, 5) is 0. The van der Waals surface area contributed by atoms with E-state index in [2.05, 4.69) is 0 Å². The molecule has 92 valence electrons. The first-order valence-corrected chi connectivity index (χ1v) is 7.50. The average Bonchev–Trinajstić information content (AvgIpc) is 2.57. The molecule has 3 nitrogen and oxygen atoms in total. The maximum atomic E-state index is 11.7. The first-order chi connectivity index (χ1) is 7.94. The van der Waals surface area contributed by atoms with Gasteiger partial charge in [-0.3, -0.25) is 0 Å². The molecule has 0 aliphatic heterocycles. The van der Waals surface area contributed by atoms with Crippen LogP contribution in [0.2, 0.25) is 0 Å². The Morgan fingerprint density at radius 2 is 2.00 bits per heavy atom. The topological polar surface area (TPSA) is 39.1 Å². The quantitative estimate of drug-likeness (QED) is 0.840. The van der Waals surface area contributed by atoms with Gasteiger partial charge < -0.3 is 4.57 Å². The van der Waals surface area contributed by atoms with E-state index in [4.69, 9.17) is 0 Å². The van der Waals surface area contributed by atoms with Crippen LogP contribution in [0.15, 0.2) is 24.4 Å². The van der Waals surface area contributed by atoms with Crippen LogP contribution in [-0.2, 0) is 22.6 Å². The van der Waals surface area contributed by atoms with Gasteiger partial charge in [0.2, 0.25) is 0 Å². The van der Waals surface area contributed by atoms with E-state index >= 15 is 0 Å². The molecule has 0 unspecified atom stereocenters. The fourth-order valence-corrected chi connectivity index (χ4v) is 3.08. The largest absolute Gasteiger partial charge is 0.350 e. The molecule has 2 rings (SSSR count). The Kier molecular flexibility index (Phi) is 3.00. The highest BCUT2D eigenvalue weighted by molar-refractivity contribution is 7.90. The second-order valence-corrected chi connectivity index (χ2v) is 6.76. The Labute approximate surface area is 102 Å². The van der Waals surface area contributed by atoms with Crippen molar-refractivity contribution in [3.63, 3.8) is 0 Å². The van der Waals surface area contributed by atoms with Crippen LogP contribution >= 0.6 is 0 Å². The number of aryl methyl sites for hydroxylation is 2. The Hall–Kier alpha value is -1.29. The van der Waals surface area contributed by atoms with E-state index in [1.54, 1.807) is 6.92 Å². The van der Waals surface area contributed by atoms with Crippen LogP contribution < -0.4 is 0 Å². The third kappa shape index (κ3) is 2.22. The summed E-state index contributed by atoms with van der Waals surface area (Å²) in [7, 11) is -1.03. The summed E-state index contributed by atoms with van der Waals surface area (Å²) >= 11 is 0. The lowest BCUT2D eigenvalue weighted by Crippen LogP contribution is -2.06. The van der Waals surface area contributed by atoms with Gasteiger partial charge in [0.15, 0.2) is 9.84 Å². The van der Waals surface area contributed by atoms with Crippen molar-refractivity contribution in [3.8, 4) is 0 Å². The van der Waals surface area contributed by atoms with Crippen molar-refractivity contribution in [2.24, 2.45) is 7.05 Å². The number of nitrogens with zero attached hydrogens (tertiary/aromatic N) is 1. The SMILES string of the molecule is CCS(=O)(=O)Cc1cn(C)c2cccc(C)c12. The van der Waals surface area contributed by atoms with Gasteiger partial charge in [0, 0.05) is 29.9 Å². The number of benzene rings is 1. The number of hydrogen-bond donors (Lipinski definition) is 0. The van der Waals surface area contributed by atoms with Crippen LogP contribution in [-0.4, -0.2) is 18.7 Å². The summed E-state index contributed by atoms with van der Waals surface area (Å²) in [5.74, 6) is 0.320. The number of hydrogen-bond acceptors (Lipinski definition) is 2. The summed E-state index contributed by atoms with van der Waals surface area (Å²) in [5, 5.41) is 1.08. The molecule has 1 heterocycles. The van der Waals surface area contributed by atoms with Crippen molar-refractivity contribution in [1.29, 1.82) is 0 Å². The van der Waals surface area contributed by atoms with E-state index in [9.17, 15) is 8.42 Å². The molecule has 0 amide bonds. The molecular weight excluding hydrogens is 234 g/mol.